The van der Waals surface area contributed by atoms with E-state index in [-0.39, 0.29) is 59.2 Å². The Balaban J connectivity index is 0.00000450. The molecule has 30 heavy (non-hydrogen) atoms. The van der Waals surface area contributed by atoms with Crippen molar-refractivity contribution in [2.45, 2.75) is 84.2 Å². The molecule has 0 aromatic carbocycles. The molecule has 0 saturated heterocycles. The minimum atomic E-state index is -0.363. The van der Waals surface area contributed by atoms with Gasteiger partial charge in [0, 0.05) is 38.6 Å². The van der Waals surface area contributed by atoms with E-state index < -0.39 is 0 Å². The lowest BCUT2D eigenvalue weighted by atomic mass is 9.84. The maximum atomic E-state index is 12.8. The predicted octanol–water partition coefficient (Wildman–Crippen LogP) is 2.89. The van der Waals surface area contributed by atoms with Crippen LogP contribution in [0.4, 0.5) is 0 Å². The van der Waals surface area contributed by atoms with Crippen molar-refractivity contribution in [1.29, 1.82) is 0 Å². The number of rotatable bonds is 7. The molecule has 7 nitrogen and oxygen atoms in total. The number of carbonyl (C=O) groups is 2. The van der Waals surface area contributed by atoms with Gasteiger partial charge in [0.2, 0.25) is 11.8 Å². The number of hydrogen-bond donors (Lipinski definition) is 3. The Bertz CT molecular complexity index is 588. The molecule has 0 heterocycles. The van der Waals surface area contributed by atoms with Gasteiger partial charge in [0.1, 0.15) is 0 Å². The maximum absolute atomic E-state index is 12.8. The first kappa shape index (κ1) is 27.0. The molecule has 0 aliphatic heterocycles. The molecule has 0 spiro atoms. The molecule has 2 fully saturated rings. The number of guanidine groups is 1. The van der Waals surface area contributed by atoms with Crippen molar-refractivity contribution in [3.05, 3.63) is 0 Å². The molecule has 0 bridgehead atoms. The number of carbonyl (C=O) groups excluding carboxylic acids is 2. The van der Waals surface area contributed by atoms with E-state index in [1.54, 1.807) is 4.90 Å². The summed E-state index contributed by atoms with van der Waals surface area (Å²) in [7, 11) is 3.67. The first-order valence-corrected chi connectivity index (χ1v) is 11.3. The van der Waals surface area contributed by atoms with E-state index in [0.717, 1.165) is 63.9 Å². The number of nitrogens with one attached hydrogen (secondary N) is 3. The van der Waals surface area contributed by atoms with Gasteiger partial charge >= 0.3 is 0 Å². The van der Waals surface area contributed by atoms with Crippen LogP contribution < -0.4 is 16.0 Å². The molecule has 2 aliphatic carbocycles. The standard InChI is InChI=1S/C22H41N5O2.HI/c1-6-23-21(24-15-22(12-7-8-13-22)20(29)27(4)5)26-18-11-9-10-17(14-18)19(28)25-16(2)3;/h16-18H,6-15H2,1-5H3,(H,25,28)(H2,23,24,26);1H. The van der Waals surface area contributed by atoms with Crippen molar-refractivity contribution in [3.63, 3.8) is 0 Å². The van der Waals surface area contributed by atoms with Crippen LogP contribution in [0, 0.1) is 11.3 Å². The Kier molecular flexibility index (Phi) is 11.4. The smallest absolute Gasteiger partial charge is 0.230 e. The summed E-state index contributed by atoms with van der Waals surface area (Å²) >= 11 is 0. The zero-order valence-electron chi connectivity index (χ0n) is 19.4. The number of hydrogen-bond acceptors (Lipinski definition) is 3. The number of nitrogens with zero attached hydrogens (tertiary/aromatic N) is 2. The fourth-order valence-electron chi connectivity index (χ4n) is 4.67. The lowest BCUT2D eigenvalue weighted by molar-refractivity contribution is -0.138. The second-order valence-corrected chi connectivity index (χ2v) is 9.25. The minimum absolute atomic E-state index is 0. The van der Waals surface area contributed by atoms with Gasteiger partial charge in [-0.15, -0.1) is 24.0 Å². The van der Waals surface area contributed by atoms with Gasteiger partial charge in [0.15, 0.2) is 5.96 Å². The van der Waals surface area contributed by atoms with Gasteiger partial charge in [0.05, 0.1) is 12.0 Å². The molecule has 0 aromatic heterocycles. The van der Waals surface area contributed by atoms with Crippen LogP contribution >= 0.6 is 24.0 Å². The Morgan fingerprint density at radius 3 is 2.37 bits per heavy atom. The highest BCUT2D eigenvalue weighted by Gasteiger charge is 2.42. The summed E-state index contributed by atoms with van der Waals surface area (Å²) in [4.78, 5) is 31.8. The van der Waals surface area contributed by atoms with E-state index in [4.69, 9.17) is 4.99 Å². The third-order valence-electron chi connectivity index (χ3n) is 6.12. The fraction of sp³-hybridized carbons (Fsp3) is 0.864. The molecular weight excluding hydrogens is 493 g/mol. The third-order valence-corrected chi connectivity index (χ3v) is 6.12. The monoisotopic (exact) mass is 535 g/mol. The van der Waals surface area contributed by atoms with Gasteiger partial charge in [-0.1, -0.05) is 19.3 Å². The Morgan fingerprint density at radius 1 is 1.13 bits per heavy atom. The molecule has 2 unspecified atom stereocenters. The van der Waals surface area contributed by atoms with E-state index in [9.17, 15) is 9.59 Å². The van der Waals surface area contributed by atoms with Crippen LogP contribution in [0.5, 0.6) is 0 Å². The molecule has 2 saturated carbocycles. The van der Waals surface area contributed by atoms with Crippen molar-refractivity contribution < 1.29 is 9.59 Å². The summed E-state index contributed by atoms with van der Waals surface area (Å²) in [6.07, 6.45) is 7.85. The van der Waals surface area contributed by atoms with Crippen molar-refractivity contribution in [1.82, 2.24) is 20.9 Å². The highest BCUT2D eigenvalue weighted by Crippen LogP contribution is 2.39. The molecule has 174 valence electrons. The molecular formula is C22H42IN5O2. The zero-order valence-corrected chi connectivity index (χ0v) is 21.8. The van der Waals surface area contributed by atoms with Crippen molar-refractivity contribution in [2.75, 3.05) is 27.2 Å². The Morgan fingerprint density at radius 2 is 1.80 bits per heavy atom. The first-order chi connectivity index (χ1) is 13.8. The van der Waals surface area contributed by atoms with Gasteiger partial charge in [-0.2, -0.15) is 0 Å². The van der Waals surface area contributed by atoms with Crippen LogP contribution in [0.25, 0.3) is 0 Å². The number of amides is 2. The lowest BCUT2D eigenvalue weighted by Crippen LogP contribution is -2.48. The van der Waals surface area contributed by atoms with Gasteiger partial charge in [-0.05, 0) is 52.9 Å². The van der Waals surface area contributed by atoms with Gasteiger partial charge < -0.3 is 20.9 Å². The first-order valence-electron chi connectivity index (χ1n) is 11.3. The van der Waals surface area contributed by atoms with Crippen molar-refractivity contribution in [2.24, 2.45) is 16.3 Å². The quantitative estimate of drug-likeness (QED) is 0.266. The molecule has 2 amide bonds. The summed E-state index contributed by atoms with van der Waals surface area (Å²) in [6.45, 7) is 7.33. The van der Waals surface area contributed by atoms with Crippen LogP contribution in [0.1, 0.15) is 72.1 Å². The average molecular weight is 536 g/mol. The topological polar surface area (TPSA) is 85.8 Å². The molecule has 3 N–H and O–H groups in total. The summed E-state index contributed by atoms with van der Waals surface area (Å²) in [5, 5.41) is 9.91. The van der Waals surface area contributed by atoms with Gasteiger partial charge in [0.25, 0.3) is 0 Å². The summed E-state index contributed by atoms with van der Waals surface area (Å²) in [5.41, 5.74) is -0.363. The summed E-state index contributed by atoms with van der Waals surface area (Å²) in [5.74, 6) is 1.18. The van der Waals surface area contributed by atoms with Gasteiger partial charge in [-0.3, -0.25) is 14.6 Å². The highest BCUT2D eigenvalue weighted by molar-refractivity contribution is 14.0. The normalized spacial score (nSPS) is 23.5. The Labute approximate surface area is 199 Å². The van der Waals surface area contributed by atoms with E-state index >= 15 is 0 Å². The largest absolute Gasteiger partial charge is 0.357 e. The number of halogens is 1. The van der Waals surface area contributed by atoms with Crippen LogP contribution in [0.3, 0.4) is 0 Å². The van der Waals surface area contributed by atoms with Gasteiger partial charge in [-0.25, -0.2) is 0 Å². The van der Waals surface area contributed by atoms with Crippen LogP contribution in [0.15, 0.2) is 4.99 Å². The molecule has 0 radical (unpaired) electrons. The second-order valence-electron chi connectivity index (χ2n) is 9.25. The summed E-state index contributed by atoms with van der Waals surface area (Å²) in [6, 6.07) is 0.403. The fourth-order valence-corrected chi connectivity index (χ4v) is 4.67. The second kappa shape index (κ2) is 12.7. The molecule has 2 atom stereocenters. The molecule has 2 rings (SSSR count). The SMILES string of the molecule is CCNC(=NCC1(C(=O)N(C)C)CCCC1)NC1CCCC(C(=O)NC(C)C)C1.I. The molecule has 0 aromatic rings. The zero-order chi connectivity index (χ0) is 21.4. The van der Waals surface area contributed by atoms with Crippen LogP contribution in [-0.4, -0.2) is 61.9 Å². The van der Waals surface area contributed by atoms with E-state index in [1.165, 1.54) is 0 Å². The third kappa shape index (κ3) is 7.57. The number of aliphatic imine (C=N–C) groups is 1. The van der Waals surface area contributed by atoms with E-state index in [0.29, 0.717) is 6.54 Å². The van der Waals surface area contributed by atoms with Crippen molar-refractivity contribution >= 4 is 41.8 Å². The minimum Gasteiger partial charge on any atom is -0.357 e. The van der Waals surface area contributed by atoms with Crippen LogP contribution in [0.2, 0.25) is 0 Å². The maximum Gasteiger partial charge on any atom is 0.230 e. The van der Waals surface area contributed by atoms with E-state index in [1.807, 2.05) is 34.9 Å². The average Bonchev–Trinajstić information content (AvgIpc) is 3.15. The lowest BCUT2D eigenvalue weighted by Gasteiger charge is -2.32. The predicted molar refractivity (Wildman–Crippen MR) is 133 cm³/mol. The summed E-state index contributed by atoms with van der Waals surface area (Å²) < 4.78 is 0. The highest BCUT2D eigenvalue weighted by atomic mass is 127. The Hall–Kier alpha value is -1.06. The van der Waals surface area contributed by atoms with Crippen LogP contribution in [-0.2, 0) is 9.59 Å². The molecule has 8 heteroatoms. The van der Waals surface area contributed by atoms with E-state index in [2.05, 4.69) is 16.0 Å². The molecule has 2 aliphatic rings. The van der Waals surface area contributed by atoms with Crippen molar-refractivity contribution in [3.8, 4) is 0 Å².